The molecule has 42 heavy (non-hydrogen) atoms. The highest BCUT2D eigenvalue weighted by Crippen LogP contribution is 2.36. The maximum atomic E-state index is 13.4. The number of aliphatic imine (C=N–C) groups is 1. The average molecular weight is 587 g/mol. The van der Waals surface area contributed by atoms with Crippen molar-refractivity contribution in [1.29, 1.82) is 0 Å². The molecule has 0 atom stereocenters. The number of aryl methyl sites for hydroxylation is 1. The molecule has 0 saturated carbocycles. The largest absolute Gasteiger partial charge is 0.433 e. The SMILES string of the molecule is CCc1cc(Nc2nccn3c(-c4cn[nH]c4C(F)(F)F)cnc23)ccc1C(=O)NCCNC(=O)CCN=C(N)NN. The van der Waals surface area contributed by atoms with Crippen LogP contribution >= 0.6 is 0 Å². The van der Waals surface area contributed by atoms with E-state index in [-0.39, 0.29) is 55.1 Å². The molecular formula is C25H29F3N12O2. The van der Waals surface area contributed by atoms with Crippen molar-refractivity contribution < 1.29 is 22.8 Å². The summed E-state index contributed by atoms with van der Waals surface area (Å²) in [6.07, 6.45) is 1.41. The highest BCUT2D eigenvalue weighted by molar-refractivity contribution is 5.96. The zero-order chi connectivity index (χ0) is 30.3. The summed E-state index contributed by atoms with van der Waals surface area (Å²) in [5.41, 5.74) is 8.73. The van der Waals surface area contributed by atoms with Crippen LogP contribution in [0.5, 0.6) is 0 Å². The number of alkyl halides is 3. The van der Waals surface area contributed by atoms with Crippen molar-refractivity contribution >= 4 is 34.9 Å². The highest BCUT2D eigenvalue weighted by Gasteiger charge is 2.36. The van der Waals surface area contributed by atoms with Gasteiger partial charge in [0.1, 0.15) is 5.69 Å². The van der Waals surface area contributed by atoms with E-state index in [4.69, 9.17) is 11.6 Å². The van der Waals surface area contributed by atoms with E-state index in [1.807, 2.05) is 12.0 Å². The predicted molar refractivity (Wildman–Crippen MR) is 148 cm³/mol. The number of nitrogens with two attached hydrogens (primary N) is 2. The van der Waals surface area contributed by atoms with Crippen molar-refractivity contribution in [3.05, 3.63) is 59.8 Å². The standard InChI is InChI=1S/C25H29F3N12O2/c1-2-14-11-15(3-4-16(14)23(42)33-8-7-31-19(41)5-6-34-24(29)38-30)37-21-22-35-13-18(40(22)10-9-32-21)17-12-36-39-20(17)25(26,27)28/h3-4,9-13H,2,5-8,30H2,1H3,(H,31,41)(H,32,37)(H,33,42)(H,36,39)(H3,29,34,38). The molecular weight excluding hydrogens is 557 g/mol. The Morgan fingerprint density at radius 3 is 2.67 bits per heavy atom. The molecule has 4 aromatic rings. The molecule has 9 N–H and O–H groups in total. The van der Waals surface area contributed by atoms with E-state index in [2.05, 4.69) is 41.4 Å². The summed E-state index contributed by atoms with van der Waals surface area (Å²) in [4.78, 5) is 37.1. The van der Waals surface area contributed by atoms with Crippen LogP contribution in [0.3, 0.4) is 0 Å². The van der Waals surface area contributed by atoms with Crippen molar-refractivity contribution in [3.63, 3.8) is 0 Å². The molecule has 0 bridgehead atoms. The number of H-pyrrole nitrogens is 1. The van der Waals surface area contributed by atoms with Gasteiger partial charge in [0.05, 0.1) is 30.2 Å². The van der Waals surface area contributed by atoms with Gasteiger partial charge in [-0.15, -0.1) is 0 Å². The molecule has 0 fully saturated rings. The molecule has 0 spiro atoms. The maximum Gasteiger partial charge on any atom is 0.433 e. The molecule has 0 aliphatic heterocycles. The van der Waals surface area contributed by atoms with Crippen LogP contribution in [0.2, 0.25) is 0 Å². The number of amides is 2. The van der Waals surface area contributed by atoms with Crippen LogP contribution in [-0.4, -0.2) is 62.0 Å². The lowest BCUT2D eigenvalue weighted by Gasteiger charge is -2.13. The Bertz CT molecular complexity index is 1600. The monoisotopic (exact) mass is 586 g/mol. The summed E-state index contributed by atoms with van der Waals surface area (Å²) in [6, 6.07) is 5.12. The number of aromatic amines is 1. The van der Waals surface area contributed by atoms with E-state index in [1.165, 1.54) is 23.0 Å². The van der Waals surface area contributed by atoms with Crippen LogP contribution in [0.15, 0.2) is 48.0 Å². The van der Waals surface area contributed by atoms with Gasteiger partial charge in [-0.1, -0.05) is 6.92 Å². The number of imidazole rings is 1. The topological polar surface area (TPSA) is 206 Å². The van der Waals surface area contributed by atoms with Crippen molar-refractivity contribution in [3.8, 4) is 11.3 Å². The zero-order valence-electron chi connectivity index (χ0n) is 22.4. The second-order valence-electron chi connectivity index (χ2n) is 8.89. The Morgan fingerprint density at radius 1 is 1.14 bits per heavy atom. The smallest absolute Gasteiger partial charge is 0.369 e. The van der Waals surface area contributed by atoms with E-state index in [1.54, 1.807) is 18.2 Å². The molecule has 1 aromatic carbocycles. The fourth-order valence-corrected chi connectivity index (χ4v) is 4.11. The Morgan fingerprint density at radius 2 is 1.93 bits per heavy atom. The molecule has 0 aliphatic carbocycles. The molecule has 4 rings (SSSR count). The number of rotatable bonds is 11. The van der Waals surface area contributed by atoms with Crippen LogP contribution in [0.1, 0.15) is 35.0 Å². The van der Waals surface area contributed by atoms with Gasteiger partial charge in [-0.25, -0.2) is 15.8 Å². The van der Waals surface area contributed by atoms with Crippen LogP contribution < -0.4 is 33.0 Å². The Balaban J connectivity index is 1.41. The van der Waals surface area contributed by atoms with Crippen molar-refractivity contribution in [1.82, 2.24) is 40.6 Å². The van der Waals surface area contributed by atoms with Gasteiger partial charge in [0, 0.05) is 43.2 Å². The second-order valence-corrected chi connectivity index (χ2v) is 8.89. The first-order valence-electron chi connectivity index (χ1n) is 12.8. The fourth-order valence-electron chi connectivity index (χ4n) is 4.11. The van der Waals surface area contributed by atoms with Gasteiger partial charge < -0.3 is 21.7 Å². The number of halogens is 3. The number of hydrazine groups is 1. The predicted octanol–water partition coefficient (Wildman–Crippen LogP) is 1.46. The summed E-state index contributed by atoms with van der Waals surface area (Å²) >= 11 is 0. The minimum absolute atomic E-state index is 0.0281. The van der Waals surface area contributed by atoms with E-state index in [9.17, 15) is 22.8 Å². The second kappa shape index (κ2) is 13.0. The van der Waals surface area contributed by atoms with Crippen LogP contribution in [0, 0.1) is 0 Å². The lowest BCUT2D eigenvalue weighted by atomic mass is 10.0. The Labute approximate surface area is 237 Å². The van der Waals surface area contributed by atoms with Gasteiger partial charge in [0.25, 0.3) is 5.91 Å². The molecule has 222 valence electrons. The number of anilines is 2. The number of guanidine groups is 1. The maximum absolute atomic E-state index is 13.4. The van der Waals surface area contributed by atoms with Gasteiger partial charge in [-0.2, -0.15) is 18.3 Å². The third-order valence-corrected chi connectivity index (χ3v) is 6.12. The molecule has 3 aromatic heterocycles. The minimum Gasteiger partial charge on any atom is -0.369 e. The van der Waals surface area contributed by atoms with Crippen LogP contribution in [0.4, 0.5) is 24.7 Å². The van der Waals surface area contributed by atoms with Gasteiger partial charge in [0.2, 0.25) is 11.9 Å². The first-order chi connectivity index (χ1) is 20.1. The van der Waals surface area contributed by atoms with E-state index < -0.39 is 11.9 Å². The molecule has 0 saturated heterocycles. The number of carbonyl (C=O) groups is 2. The molecule has 0 aliphatic rings. The highest BCUT2D eigenvalue weighted by atomic mass is 19.4. The molecule has 3 heterocycles. The number of fused-ring (bicyclic) bond motifs is 1. The molecule has 14 nitrogen and oxygen atoms in total. The third kappa shape index (κ3) is 6.92. The number of hydrogen-bond acceptors (Lipinski definition) is 8. The summed E-state index contributed by atoms with van der Waals surface area (Å²) in [5.74, 6) is 4.87. The normalized spacial score (nSPS) is 11.9. The zero-order valence-corrected chi connectivity index (χ0v) is 22.4. The summed E-state index contributed by atoms with van der Waals surface area (Å²) in [5, 5.41) is 14.1. The molecule has 0 unspecified atom stereocenters. The fraction of sp³-hybridized carbons (Fsp3) is 0.280. The number of carbonyl (C=O) groups excluding carboxylic acids is 2. The Hall–Kier alpha value is -5.19. The molecule has 0 radical (unpaired) electrons. The quantitative estimate of drug-likeness (QED) is 0.0446. The number of aromatic nitrogens is 5. The van der Waals surface area contributed by atoms with E-state index >= 15 is 0 Å². The summed E-state index contributed by atoms with van der Waals surface area (Å²) < 4.78 is 41.7. The average Bonchev–Trinajstić information content (AvgIpc) is 3.63. The third-order valence-electron chi connectivity index (χ3n) is 6.12. The van der Waals surface area contributed by atoms with Crippen LogP contribution in [-0.2, 0) is 17.4 Å². The van der Waals surface area contributed by atoms with Crippen LogP contribution in [0.25, 0.3) is 16.9 Å². The van der Waals surface area contributed by atoms with Gasteiger partial charge >= 0.3 is 6.18 Å². The summed E-state index contributed by atoms with van der Waals surface area (Å²) in [7, 11) is 0. The van der Waals surface area contributed by atoms with Crippen molar-refractivity contribution in [2.75, 3.05) is 25.0 Å². The van der Waals surface area contributed by atoms with Gasteiger partial charge in [0.15, 0.2) is 11.5 Å². The van der Waals surface area contributed by atoms with Gasteiger partial charge in [-0.3, -0.25) is 29.5 Å². The van der Waals surface area contributed by atoms with Crippen molar-refractivity contribution in [2.24, 2.45) is 16.6 Å². The first-order valence-corrected chi connectivity index (χ1v) is 12.8. The van der Waals surface area contributed by atoms with E-state index in [0.717, 1.165) is 11.8 Å². The Kier molecular flexibility index (Phi) is 9.21. The van der Waals surface area contributed by atoms with Crippen molar-refractivity contribution in [2.45, 2.75) is 25.9 Å². The summed E-state index contributed by atoms with van der Waals surface area (Å²) in [6.45, 7) is 2.51. The van der Waals surface area contributed by atoms with Gasteiger partial charge in [-0.05, 0) is 30.2 Å². The minimum atomic E-state index is -4.61. The number of nitrogens with one attached hydrogen (secondary N) is 5. The number of nitrogens with zero attached hydrogens (tertiary/aromatic N) is 5. The number of hydrogen-bond donors (Lipinski definition) is 7. The molecule has 17 heteroatoms. The van der Waals surface area contributed by atoms with E-state index in [0.29, 0.717) is 29.1 Å². The number of benzene rings is 1. The molecule has 2 amide bonds. The lowest BCUT2D eigenvalue weighted by molar-refractivity contribution is -0.140. The lowest BCUT2D eigenvalue weighted by Crippen LogP contribution is -2.37. The first kappa shape index (κ1) is 29.8.